The van der Waals surface area contributed by atoms with E-state index in [0.717, 1.165) is 19.3 Å². The van der Waals surface area contributed by atoms with Crippen LogP contribution in [0.2, 0.25) is 0 Å². The lowest BCUT2D eigenvalue weighted by Crippen LogP contribution is -2.47. The SMILES string of the molecule is CC[C@H]1C[C@@](CNc2ncccn2)(c2ncccc2F)C1. The molecule has 21 heavy (non-hydrogen) atoms. The zero-order valence-electron chi connectivity index (χ0n) is 12.1. The summed E-state index contributed by atoms with van der Waals surface area (Å²) >= 11 is 0. The van der Waals surface area contributed by atoms with E-state index >= 15 is 0 Å². The maximum Gasteiger partial charge on any atom is 0.222 e. The van der Waals surface area contributed by atoms with Crippen molar-refractivity contribution < 1.29 is 4.39 Å². The number of aromatic nitrogens is 3. The smallest absolute Gasteiger partial charge is 0.222 e. The molecule has 2 aromatic rings. The number of halogens is 1. The van der Waals surface area contributed by atoms with E-state index in [1.165, 1.54) is 6.07 Å². The number of hydrogen-bond donors (Lipinski definition) is 1. The lowest BCUT2D eigenvalue weighted by Gasteiger charge is -2.47. The first-order valence-electron chi connectivity index (χ1n) is 7.35. The van der Waals surface area contributed by atoms with Crippen LogP contribution in [-0.2, 0) is 5.41 Å². The molecule has 0 amide bonds. The van der Waals surface area contributed by atoms with Gasteiger partial charge in [-0.3, -0.25) is 4.98 Å². The second-order valence-electron chi connectivity index (χ2n) is 5.72. The van der Waals surface area contributed by atoms with Gasteiger partial charge in [0.2, 0.25) is 5.95 Å². The van der Waals surface area contributed by atoms with Crippen LogP contribution in [0.3, 0.4) is 0 Å². The Morgan fingerprint density at radius 3 is 2.57 bits per heavy atom. The second kappa shape index (κ2) is 5.76. The van der Waals surface area contributed by atoms with Crippen LogP contribution < -0.4 is 5.32 Å². The van der Waals surface area contributed by atoms with Crippen molar-refractivity contribution in [2.24, 2.45) is 5.92 Å². The van der Waals surface area contributed by atoms with Crippen molar-refractivity contribution >= 4 is 5.95 Å². The minimum Gasteiger partial charge on any atom is -0.353 e. The Morgan fingerprint density at radius 2 is 1.90 bits per heavy atom. The molecule has 0 unspecified atom stereocenters. The molecule has 0 bridgehead atoms. The highest BCUT2D eigenvalue weighted by Crippen LogP contribution is 2.49. The molecule has 110 valence electrons. The topological polar surface area (TPSA) is 50.7 Å². The van der Waals surface area contributed by atoms with Crippen LogP contribution >= 0.6 is 0 Å². The first kappa shape index (κ1) is 13.9. The zero-order valence-corrected chi connectivity index (χ0v) is 12.1. The first-order chi connectivity index (χ1) is 10.2. The van der Waals surface area contributed by atoms with Crippen molar-refractivity contribution in [3.05, 3.63) is 48.3 Å². The first-order valence-corrected chi connectivity index (χ1v) is 7.35. The molecule has 1 aliphatic carbocycles. The van der Waals surface area contributed by atoms with Crippen molar-refractivity contribution in [1.82, 2.24) is 15.0 Å². The number of pyridine rings is 1. The molecule has 0 aliphatic heterocycles. The third-order valence-corrected chi connectivity index (χ3v) is 4.35. The van der Waals surface area contributed by atoms with E-state index in [2.05, 4.69) is 27.2 Å². The standard InChI is InChI=1S/C16H19FN4/c1-2-12-9-16(10-12,14-13(17)5-3-6-18-14)11-21-15-19-7-4-8-20-15/h3-8,12H,2,9-11H2,1H3,(H,19,20,21)/t12-,16+. The van der Waals surface area contributed by atoms with Crippen LogP contribution in [0.1, 0.15) is 31.9 Å². The summed E-state index contributed by atoms with van der Waals surface area (Å²) in [4.78, 5) is 12.6. The average Bonchev–Trinajstić information content (AvgIpc) is 2.49. The Kier molecular flexibility index (Phi) is 3.82. The molecule has 5 heteroatoms. The highest BCUT2D eigenvalue weighted by molar-refractivity contribution is 5.31. The largest absolute Gasteiger partial charge is 0.353 e. The molecular formula is C16H19FN4. The van der Waals surface area contributed by atoms with Crippen molar-refractivity contribution in [1.29, 1.82) is 0 Å². The summed E-state index contributed by atoms with van der Waals surface area (Å²) in [5.41, 5.74) is 0.323. The van der Waals surface area contributed by atoms with Gasteiger partial charge in [-0.1, -0.05) is 13.3 Å². The van der Waals surface area contributed by atoms with E-state index in [4.69, 9.17) is 0 Å². The molecule has 0 spiro atoms. The van der Waals surface area contributed by atoms with Crippen LogP contribution in [0.25, 0.3) is 0 Å². The lowest BCUT2D eigenvalue weighted by atomic mass is 9.59. The van der Waals surface area contributed by atoms with Gasteiger partial charge >= 0.3 is 0 Å². The van der Waals surface area contributed by atoms with E-state index < -0.39 is 0 Å². The monoisotopic (exact) mass is 286 g/mol. The molecule has 0 radical (unpaired) electrons. The highest BCUT2D eigenvalue weighted by atomic mass is 19.1. The summed E-state index contributed by atoms with van der Waals surface area (Å²) < 4.78 is 14.1. The molecule has 0 atom stereocenters. The molecule has 3 rings (SSSR count). The predicted octanol–water partition coefficient (Wildman–Crippen LogP) is 3.18. The van der Waals surface area contributed by atoms with Gasteiger partial charge in [0.1, 0.15) is 5.82 Å². The molecule has 1 saturated carbocycles. The normalized spacial score (nSPS) is 24.4. The minimum atomic E-state index is -0.245. The van der Waals surface area contributed by atoms with Crippen molar-refractivity contribution in [3.8, 4) is 0 Å². The van der Waals surface area contributed by atoms with Gasteiger partial charge in [-0.05, 0) is 37.0 Å². The summed E-state index contributed by atoms with van der Waals surface area (Å²) in [7, 11) is 0. The van der Waals surface area contributed by atoms with Gasteiger partial charge < -0.3 is 5.32 Å². The van der Waals surface area contributed by atoms with Gasteiger partial charge in [0.05, 0.1) is 5.69 Å². The van der Waals surface area contributed by atoms with Crippen LogP contribution in [-0.4, -0.2) is 21.5 Å². The number of anilines is 1. The van der Waals surface area contributed by atoms with Gasteiger partial charge in [0.25, 0.3) is 0 Å². The number of nitrogens with one attached hydrogen (secondary N) is 1. The van der Waals surface area contributed by atoms with E-state index in [0.29, 0.717) is 24.1 Å². The van der Waals surface area contributed by atoms with Crippen molar-refractivity contribution in [2.75, 3.05) is 11.9 Å². The van der Waals surface area contributed by atoms with Crippen molar-refractivity contribution in [3.63, 3.8) is 0 Å². The summed E-state index contributed by atoms with van der Waals surface area (Å²) in [6.45, 7) is 2.79. The number of rotatable bonds is 5. The fraction of sp³-hybridized carbons (Fsp3) is 0.438. The Bertz CT molecular complexity index is 596. The molecular weight excluding hydrogens is 267 g/mol. The van der Waals surface area contributed by atoms with E-state index in [1.54, 1.807) is 30.7 Å². The maximum atomic E-state index is 14.1. The van der Waals surface area contributed by atoms with Gasteiger partial charge in [-0.2, -0.15) is 0 Å². The Labute approximate surface area is 123 Å². The molecule has 1 fully saturated rings. The van der Waals surface area contributed by atoms with Crippen molar-refractivity contribution in [2.45, 2.75) is 31.6 Å². The average molecular weight is 286 g/mol. The molecule has 1 N–H and O–H groups in total. The number of hydrogen-bond acceptors (Lipinski definition) is 4. The minimum absolute atomic E-state index is 0.220. The molecule has 0 saturated heterocycles. The van der Waals surface area contributed by atoms with Crippen LogP contribution in [0.15, 0.2) is 36.8 Å². The van der Waals surface area contributed by atoms with Gasteiger partial charge in [-0.25, -0.2) is 14.4 Å². The van der Waals surface area contributed by atoms with Gasteiger partial charge in [0.15, 0.2) is 0 Å². The Morgan fingerprint density at radius 1 is 1.19 bits per heavy atom. The quantitative estimate of drug-likeness (QED) is 0.917. The van der Waals surface area contributed by atoms with Gasteiger partial charge in [0, 0.05) is 30.6 Å². The highest BCUT2D eigenvalue weighted by Gasteiger charge is 2.47. The molecule has 4 nitrogen and oxygen atoms in total. The van der Waals surface area contributed by atoms with E-state index in [1.807, 2.05) is 0 Å². The zero-order chi connectivity index (χ0) is 14.7. The number of nitrogens with zero attached hydrogens (tertiary/aromatic N) is 3. The molecule has 1 aliphatic rings. The summed E-state index contributed by atoms with van der Waals surface area (Å²) in [5.74, 6) is 1.00. The third-order valence-electron chi connectivity index (χ3n) is 4.35. The van der Waals surface area contributed by atoms with E-state index in [-0.39, 0.29) is 11.2 Å². The van der Waals surface area contributed by atoms with E-state index in [9.17, 15) is 4.39 Å². The second-order valence-corrected chi connectivity index (χ2v) is 5.72. The van der Waals surface area contributed by atoms with Gasteiger partial charge in [-0.15, -0.1) is 0 Å². The molecule has 0 aromatic carbocycles. The predicted molar refractivity (Wildman–Crippen MR) is 79.4 cm³/mol. The van der Waals surface area contributed by atoms with Crippen LogP contribution in [0, 0.1) is 11.7 Å². The summed E-state index contributed by atoms with van der Waals surface area (Å²) in [5, 5.41) is 3.23. The Hall–Kier alpha value is -2.04. The fourth-order valence-corrected chi connectivity index (χ4v) is 3.17. The van der Waals surface area contributed by atoms with Crippen LogP contribution in [0.4, 0.5) is 10.3 Å². The fourth-order valence-electron chi connectivity index (χ4n) is 3.17. The summed E-state index contributed by atoms with van der Waals surface area (Å²) in [6, 6.07) is 4.90. The lowest BCUT2D eigenvalue weighted by molar-refractivity contribution is 0.139. The Balaban J connectivity index is 1.80. The maximum absolute atomic E-state index is 14.1. The third kappa shape index (κ3) is 2.73. The molecule has 2 heterocycles. The van der Waals surface area contributed by atoms with Crippen LogP contribution in [0.5, 0.6) is 0 Å². The summed E-state index contributed by atoms with van der Waals surface area (Å²) in [6.07, 6.45) is 8.09. The molecule has 2 aromatic heterocycles.